The zero-order valence-corrected chi connectivity index (χ0v) is 20.3. The number of ether oxygens (including phenoxy) is 1. The highest BCUT2D eigenvalue weighted by Gasteiger charge is 2.25. The van der Waals surface area contributed by atoms with Gasteiger partial charge in [0.15, 0.2) is 0 Å². The van der Waals surface area contributed by atoms with Crippen LogP contribution in [0.4, 0.5) is 14.9 Å². The number of halogens is 1. The molecule has 3 aromatic carbocycles. The summed E-state index contributed by atoms with van der Waals surface area (Å²) in [6.45, 7) is 5.25. The van der Waals surface area contributed by atoms with Gasteiger partial charge < -0.3 is 15.0 Å². The van der Waals surface area contributed by atoms with Crippen LogP contribution in [0.5, 0.6) is 0 Å². The lowest BCUT2D eigenvalue weighted by atomic mass is 10.1. The van der Waals surface area contributed by atoms with E-state index in [1.54, 1.807) is 11.0 Å². The normalized spacial score (nSPS) is 15.1. The summed E-state index contributed by atoms with van der Waals surface area (Å²) in [6, 6.07) is 27.5. The number of benzene rings is 3. The summed E-state index contributed by atoms with van der Waals surface area (Å²) >= 11 is 0. The molecule has 1 N–H and O–H groups in total. The molecule has 0 saturated carbocycles. The van der Waals surface area contributed by atoms with Crippen LogP contribution < -0.4 is 5.32 Å². The Bertz CT molecular complexity index is 1010. The lowest BCUT2D eigenvalue weighted by molar-refractivity contribution is 0.0595. The number of carbonyl (C=O) groups is 1. The van der Waals surface area contributed by atoms with Crippen molar-refractivity contribution in [3.63, 3.8) is 0 Å². The van der Waals surface area contributed by atoms with Gasteiger partial charge in [-0.3, -0.25) is 4.90 Å². The van der Waals surface area contributed by atoms with E-state index in [1.807, 2.05) is 42.5 Å². The van der Waals surface area contributed by atoms with Crippen molar-refractivity contribution in [3.05, 3.63) is 102 Å². The number of nitrogens with zero attached hydrogens (tertiary/aromatic N) is 2. The fourth-order valence-electron chi connectivity index (χ4n) is 4.41. The molecule has 1 heterocycles. The van der Waals surface area contributed by atoms with Crippen molar-refractivity contribution in [2.75, 3.05) is 25.0 Å². The van der Waals surface area contributed by atoms with Crippen LogP contribution in [0.1, 0.15) is 30.9 Å². The summed E-state index contributed by atoms with van der Waals surface area (Å²) in [5, 5.41) is 3.37. The topological polar surface area (TPSA) is 44.8 Å². The Morgan fingerprint density at radius 1 is 0.971 bits per heavy atom. The smallest absolute Gasteiger partial charge is 0.409 e. The molecule has 1 saturated heterocycles. The predicted molar refractivity (Wildman–Crippen MR) is 138 cm³/mol. The van der Waals surface area contributed by atoms with Gasteiger partial charge in [-0.1, -0.05) is 66.7 Å². The van der Waals surface area contributed by atoms with Crippen LogP contribution in [0.25, 0.3) is 0 Å². The molecule has 35 heavy (non-hydrogen) atoms. The number of piperidine rings is 1. The predicted octanol–water partition coefficient (Wildman–Crippen LogP) is 5.93. The van der Waals surface area contributed by atoms with Gasteiger partial charge >= 0.3 is 6.09 Å². The molecule has 0 aromatic heterocycles. The quantitative estimate of drug-likeness (QED) is 0.417. The third-order valence-electron chi connectivity index (χ3n) is 6.48. The molecule has 1 atom stereocenters. The first-order valence-corrected chi connectivity index (χ1v) is 12.3. The Balaban J connectivity index is 1.27. The van der Waals surface area contributed by atoms with Crippen molar-refractivity contribution < 1.29 is 13.9 Å². The Kier molecular flexibility index (Phi) is 8.74. The first kappa shape index (κ1) is 24.7. The van der Waals surface area contributed by atoms with Crippen LogP contribution in [0.3, 0.4) is 0 Å². The molecular formula is C29H34FN3O2. The highest BCUT2D eigenvalue weighted by Crippen LogP contribution is 2.19. The molecule has 184 valence electrons. The molecule has 5 nitrogen and oxygen atoms in total. The van der Waals surface area contributed by atoms with Crippen LogP contribution in [0.2, 0.25) is 0 Å². The SMILES string of the molecule is CC(COC(=O)N1CCC(Nc2cccc(F)c2)CC1)N(Cc1ccccc1)Cc1ccccc1. The monoisotopic (exact) mass is 475 g/mol. The summed E-state index contributed by atoms with van der Waals surface area (Å²) in [6.07, 6.45) is 1.34. The maximum atomic E-state index is 13.4. The number of amides is 1. The van der Waals surface area contributed by atoms with E-state index < -0.39 is 0 Å². The molecule has 0 bridgehead atoms. The average Bonchev–Trinajstić information content (AvgIpc) is 2.88. The highest BCUT2D eigenvalue weighted by atomic mass is 19.1. The summed E-state index contributed by atoms with van der Waals surface area (Å²) < 4.78 is 19.2. The second-order valence-corrected chi connectivity index (χ2v) is 9.22. The first-order chi connectivity index (χ1) is 17.1. The van der Waals surface area contributed by atoms with Crippen molar-refractivity contribution in [1.29, 1.82) is 0 Å². The lowest BCUT2D eigenvalue weighted by Gasteiger charge is -2.33. The van der Waals surface area contributed by atoms with Crippen LogP contribution in [-0.4, -0.2) is 47.7 Å². The van der Waals surface area contributed by atoms with E-state index in [2.05, 4.69) is 41.4 Å². The molecule has 1 unspecified atom stereocenters. The Hall–Kier alpha value is -3.38. The summed E-state index contributed by atoms with van der Waals surface area (Å²) in [4.78, 5) is 16.9. The van der Waals surface area contributed by atoms with Gasteiger partial charge in [-0.2, -0.15) is 0 Å². The van der Waals surface area contributed by atoms with E-state index in [1.165, 1.54) is 23.3 Å². The molecule has 6 heteroatoms. The molecule has 1 amide bonds. The largest absolute Gasteiger partial charge is 0.448 e. The maximum Gasteiger partial charge on any atom is 0.409 e. The van der Waals surface area contributed by atoms with E-state index in [9.17, 15) is 9.18 Å². The molecule has 0 aliphatic carbocycles. The molecule has 0 radical (unpaired) electrons. The third kappa shape index (κ3) is 7.55. The van der Waals surface area contributed by atoms with Crippen molar-refractivity contribution in [2.45, 2.75) is 44.9 Å². The lowest BCUT2D eigenvalue weighted by Crippen LogP contribution is -2.44. The van der Waals surface area contributed by atoms with Crippen molar-refractivity contribution in [1.82, 2.24) is 9.80 Å². The second kappa shape index (κ2) is 12.4. The van der Waals surface area contributed by atoms with E-state index in [-0.39, 0.29) is 24.0 Å². The summed E-state index contributed by atoms with van der Waals surface area (Å²) in [5.74, 6) is -0.251. The van der Waals surface area contributed by atoms with Crippen LogP contribution in [0.15, 0.2) is 84.9 Å². The number of carbonyl (C=O) groups excluding carboxylic acids is 1. The number of anilines is 1. The first-order valence-electron chi connectivity index (χ1n) is 12.3. The van der Waals surface area contributed by atoms with Gasteiger partial charge in [-0.25, -0.2) is 9.18 Å². The Morgan fingerprint density at radius 3 is 2.14 bits per heavy atom. The van der Waals surface area contributed by atoms with Crippen molar-refractivity contribution in [2.24, 2.45) is 0 Å². The van der Waals surface area contributed by atoms with Crippen LogP contribution in [0, 0.1) is 5.82 Å². The Labute approximate surface area is 207 Å². The van der Waals surface area contributed by atoms with Gasteiger partial charge in [-0.15, -0.1) is 0 Å². The van der Waals surface area contributed by atoms with E-state index >= 15 is 0 Å². The zero-order chi connectivity index (χ0) is 24.5. The van der Waals surface area contributed by atoms with E-state index in [0.29, 0.717) is 19.7 Å². The number of rotatable bonds is 9. The van der Waals surface area contributed by atoms with Gasteiger partial charge in [0.25, 0.3) is 0 Å². The molecule has 1 aliphatic heterocycles. The van der Waals surface area contributed by atoms with Gasteiger partial charge in [0.2, 0.25) is 0 Å². The third-order valence-corrected chi connectivity index (χ3v) is 6.48. The minimum atomic E-state index is -0.263. The number of likely N-dealkylation sites (tertiary alicyclic amines) is 1. The maximum absolute atomic E-state index is 13.4. The summed E-state index contributed by atoms with van der Waals surface area (Å²) in [7, 11) is 0. The second-order valence-electron chi connectivity index (χ2n) is 9.22. The minimum Gasteiger partial charge on any atom is -0.448 e. The molecular weight excluding hydrogens is 441 g/mol. The molecule has 0 spiro atoms. The standard InChI is InChI=1S/C29H34FN3O2/c1-23(33(20-24-9-4-2-5-10-24)21-25-11-6-3-7-12-25)22-35-29(34)32-17-15-27(16-18-32)31-28-14-8-13-26(30)19-28/h2-14,19,23,27,31H,15-18,20-22H2,1H3. The van der Waals surface area contributed by atoms with Gasteiger partial charge in [-0.05, 0) is 49.1 Å². The van der Waals surface area contributed by atoms with E-state index in [4.69, 9.17) is 4.74 Å². The molecule has 3 aromatic rings. The van der Waals surface area contributed by atoms with Crippen LogP contribution >= 0.6 is 0 Å². The van der Waals surface area contributed by atoms with Crippen molar-refractivity contribution in [3.8, 4) is 0 Å². The fourth-order valence-corrected chi connectivity index (χ4v) is 4.41. The summed E-state index contributed by atoms with van der Waals surface area (Å²) in [5.41, 5.74) is 3.24. The Morgan fingerprint density at radius 2 is 1.57 bits per heavy atom. The van der Waals surface area contributed by atoms with Crippen molar-refractivity contribution >= 4 is 11.8 Å². The van der Waals surface area contributed by atoms with Gasteiger partial charge in [0, 0.05) is 44.0 Å². The number of nitrogens with one attached hydrogen (secondary N) is 1. The highest BCUT2D eigenvalue weighted by molar-refractivity contribution is 5.67. The number of hydrogen-bond acceptors (Lipinski definition) is 4. The molecule has 1 fully saturated rings. The molecule has 4 rings (SSSR count). The van der Waals surface area contributed by atoms with Gasteiger partial charge in [0.1, 0.15) is 12.4 Å². The average molecular weight is 476 g/mol. The van der Waals surface area contributed by atoms with E-state index in [0.717, 1.165) is 31.6 Å². The zero-order valence-electron chi connectivity index (χ0n) is 20.3. The fraction of sp³-hybridized carbons (Fsp3) is 0.345. The minimum absolute atomic E-state index is 0.0616. The number of hydrogen-bond donors (Lipinski definition) is 1. The van der Waals surface area contributed by atoms with Crippen LogP contribution in [-0.2, 0) is 17.8 Å². The van der Waals surface area contributed by atoms with Gasteiger partial charge in [0.05, 0.1) is 0 Å². The molecule has 1 aliphatic rings.